The van der Waals surface area contributed by atoms with Gasteiger partial charge in [0.1, 0.15) is 5.82 Å². The summed E-state index contributed by atoms with van der Waals surface area (Å²) >= 11 is 0. The van der Waals surface area contributed by atoms with E-state index in [0.717, 1.165) is 28.9 Å². The molecular weight excluding hydrogens is 359 g/mol. The van der Waals surface area contributed by atoms with Crippen LogP contribution in [0.5, 0.6) is 0 Å². The normalized spacial score (nSPS) is 22.4. The average molecular weight is 391 g/mol. The van der Waals surface area contributed by atoms with Crippen molar-refractivity contribution >= 4 is 0 Å². The van der Waals surface area contributed by atoms with Crippen LogP contribution in [0.3, 0.4) is 0 Å². The zero-order valence-corrected chi connectivity index (χ0v) is 17.8. The van der Waals surface area contributed by atoms with Crippen molar-refractivity contribution in [1.29, 1.82) is 0 Å². The third-order valence-electron chi connectivity index (χ3n) is 5.42. The number of allylic oxidation sites excluding steroid dienone is 7. The summed E-state index contributed by atoms with van der Waals surface area (Å²) in [7, 11) is 0. The molecule has 1 aromatic carbocycles. The largest absolute Gasteiger partial charge is 0.366 e. The first-order chi connectivity index (χ1) is 13.8. The molecule has 152 valence electrons. The number of rotatable bonds is 6. The number of hydrogen-bond donors (Lipinski definition) is 2. The lowest BCUT2D eigenvalue weighted by atomic mass is 9.84. The molecule has 0 fully saturated rings. The molecule has 0 radical (unpaired) electrons. The minimum atomic E-state index is -0.203. The van der Waals surface area contributed by atoms with Gasteiger partial charge >= 0.3 is 0 Å². The molecule has 0 saturated carbocycles. The monoisotopic (exact) mass is 390 g/mol. The van der Waals surface area contributed by atoms with Gasteiger partial charge in [0.25, 0.3) is 0 Å². The Morgan fingerprint density at radius 3 is 2.79 bits per heavy atom. The molecule has 3 rings (SSSR count). The van der Waals surface area contributed by atoms with Gasteiger partial charge in [0.15, 0.2) is 0 Å². The van der Waals surface area contributed by atoms with E-state index in [2.05, 4.69) is 67.5 Å². The first-order valence-corrected chi connectivity index (χ1v) is 10.2. The van der Waals surface area contributed by atoms with Crippen molar-refractivity contribution in [2.45, 2.75) is 46.2 Å². The third kappa shape index (κ3) is 5.38. The Bertz CT molecular complexity index is 930. The van der Waals surface area contributed by atoms with Crippen molar-refractivity contribution in [3.05, 3.63) is 107 Å². The van der Waals surface area contributed by atoms with Gasteiger partial charge in [-0.2, -0.15) is 0 Å². The van der Waals surface area contributed by atoms with E-state index in [4.69, 9.17) is 0 Å². The van der Waals surface area contributed by atoms with Gasteiger partial charge in [-0.1, -0.05) is 60.2 Å². The number of nitrogens with one attached hydrogen (secondary N) is 2. The molecule has 2 nitrogen and oxygen atoms in total. The average Bonchev–Trinajstić information content (AvgIpc) is 2.65. The van der Waals surface area contributed by atoms with Crippen molar-refractivity contribution in [2.75, 3.05) is 0 Å². The summed E-state index contributed by atoms with van der Waals surface area (Å²) in [6.07, 6.45) is 16.0. The minimum absolute atomic E-state index is 0.0472. The SMILES string of the molecule is C=C(C)/C=C\C1CC=C(C(NC2=CC=CC(C)N2)c2ccc(F)cc2C)C=C1C. The quantitative estimate of drug-likeness (QED) is 0.567. The highest BCUT2D eigenvalue weighted by Gasteiger charge is 2.23. The lowest BCUT2D eigenvalue weighted by molar-refractivity contribution is 0.580. The number of aryl methyl sites for hydroxylation is 1. The van der Waals surface area contributed by atoms with Crippen molar-refractivity contribution in [1.82, 2.24) is 10.6 Å². The first-order valence-electron chi connectivity index (χ1n) is 10.2. The van der Waals surface area contributed by atoms with Gasteiger partial charge in [0.2, 0.25) is 0 Å². The van der Waals surface area contributed by atoms with E-state index in [9.17, 15) is 4.39 Å². The molecule has 2 N–H and O–H groups in total. The molecule has 3 unspecified atom stereocenters. The second-order valence-electron chi connectivity index (χ2n) is 8.12. The maximum atomic E-state index is 13.7. The van der Waals surface area contributed by atoms with Crippen LogP contribution in [0.4, 0.5) is 4.39 Å². The van der Waals surface area contributed by atoms with Crippen LogP contribution in [0.1, 0.15) is 44.4 Å². The molecule has 1 aromatic rings. The van der Waals surface area contributed by atoms with E-state index in [-0.39, 0.29) is 17.9 Å². The van der Waals surface area contributed by atoms with Gasteiger partial charge in [-0.15, -0.1) is 0 Å². The molecule has 1 heterocycles. The molecule has 29 heavy (non-hydrogen) atoms. The summed E-state index contributed by atoms with van der Waals surface area (Å²) < 4.78 is 13.7. The highest BCUT2D eigenvalue weighted by atomic mass is 19.1. The molecule has 0 saturated heterocycles. The Hall–Kier alpha value is -2.81. The molecule has 2 aliphatic rings. The second-order valence-corrected chi connectivity index (χ2v) is 8.12. The summed E-state index contributed by atoms with van der Waals surface area (Å²) in [5.74, 6) is 1.16. The fourth-order valence-corrected chi connectivity index (χ4v) is 3.80. The fourth-order valence-electron chi connectivity index (χ4n) is 3.80. The summed E-state index contributed by atoms with van der Waals surface area (Å²) in [5, 5.41) is 7.11. The van der Waals surface area contributed by atoms with Crippen molar-refractivity contribution in [2.24, 2.45) is 5.92 Å². The Morgan fingerprint density at radius 1 is 1.34 bits per heavy atom. The maximum Gasteiger partial charge on any atom is 0.123 e. The second kappa shape index (κ2) is 9.13. The van der Waals surface area contributed by atoms with E-state index in [1.54, 1.807) is 12.1 Å². The van der Waals surface area contributed by atoms with E-state index >= 15 is 0 Å². The lowest BCUT2D eigenvalue weighted by Gasteiger charge is -2.30. The lowest BCUT2D eigenvalue weighted by Crippen LogP contribution is -2.36. The van der Waals surface area contributed by atoms with Crippen LogP contribution in [-0.4, -0.2) is 6.04 Å². The van der Waals surface area contributed by atoms with Crippen molar-refractivity contribution < 1.29 is 4.39 Å². The van der Waals surface area contributed by atoms with Gasteiger partial charge in [0.05, 0.1) is 11.9 Å². The Morgan fingerprint density at radius 2 is 2.14 bits per heavy atom. The molecule has 0 aromatic heterocycles. The number of hydrogen-bond acceptors (Lipinski definition) is 2. The van der Waals surface area contributed by atoms with Crippen LogP contribution in [0, 0.1) is 18.7 Å². The standard InChI is InChI=1S/C26H31FN2/c1-17(2)9-10-21-11-12-22(15-18(21)3)26(24-14-13-23(27)16-19(24)4)29-25-8-6-7-20(5)28-25/h6-10,12-16,20-21,26,28-29H,1,11H2,2-5H3/b10-9-. The van der Waals surface area contributed by atoms with Gasteiger partial charge in [-0.05, 0) is 69.0 Å². The van der Waals surface area contributed by atoms with Crippen LogP contribution in [-0.2, 0) is 0 Å². The van der Waals surface area contributed by atoms with Crippen LogP contribution < -0.4 is 10.6 Å². The predicted molar refractivity (Wildman–Crippen MR) is 121 cm³/mol. The van der Waals surface area contributed by atoms with E-state index in [1.165, 1.54) is 11.1 Å². The summed E-state index contributed by atoms with van der Waals surface area (Å²) in [4.78, 5) is 0. The molecule has 1 aliphatic carbocycles. The van der Waals surface area contributed by atoms with Gasteiger partial charge < -0.3 is 10.6 Å². The van der Waals surface area contributed by atoms with E-state index in [0.29, 0.717) is 5.92 Å². The summed E-state index contributed by atoms with van der Waals surface area (Å²) in [6.45, 7) is 12.2. The number of halogens is 1. The molecule has 0 spiro atoms. The summed E-state index contributed by atoms with van der Waals surface area (Å²) in [6, 6.07) is 5.26. The van der Waals surface area contributed by atoms with E-state index in [1.807, 2.05) is 26.0 Å². The molecular formula is C26H31FN2. The highest BCUT2D eigenvalue weighted by Crippen LogP contribution is 2.34. The Balaban J connectivity index is 1.92. The highest BCUT2D eigenvalue weighted by molar-refractivity contribution is 5.44. The Labute approximate surface area is 174 Å². The zero-order valence-electron chi connectivity index (χ0n) is 17.8. The van der Waals surface area contributed by atoms with Crippen LogP contribution in [0.15, 0.2) is 89.9 Å². The van der Waals surface area contributed by atoms with Crippen molar-refractivity contribution in [3.63, 3.8) is 0 Å². The molecule has 0 bridgehead atoms. The smallest absolute Gasteiger partial charge is 0.123 e. The van der Waals surface area contributed by atoms with E-state index < -0.39 is 0 Å². The molecule has 1 aliphatic heterocycles. The van der Waals surface area contributed by atoms with Gasteiger partial charge in [-0.25, -0.2) is 4.39 Å². The fraction of sp³-hybridized carbons (Fsp3) is 0.308. The summed E-state index contributed by atoms with van der Waals surface area (Å²) in [5.41, 5.74) is 5.63. The topological polar surface area (TPSA) is 24.1 Å². The molecule has 3 heteroatoms. The van der Waals surface area contributed by atoms with Gasteiger partial charge in [-0.3, -0.25) is 0 Å². The van der Waals surface area contributed by atoms with Crippen LogP contribution in [0.25, 0.3) is 0 Å². The third-order valence-corrected chi connectivity index (χ3v) is 5.42. The minimum Gasteiger partial charge on any atom is -0.366 e. The van der Waals surface area contributed by atoms with Crippen LogP contribution in [0.2, 0.25) is 0 Å². The first kappa shape index (κ1) is 20.9. The van der Waals surface area contributed by atoms with Crippen molar-refractivity contribution in [3.8, 4) is 0 Å². The Kier molecular flexibility index (Phi) is 6.58. The van der Waals surface area contributed by atoms with Gasteiger partial charge in [0, 0.05) is 12.0 Å². The zero-order chi connectivity index (χ0) is 21.0. The maximum absolute atomic E-state index is 13.7. The van der Waals surface area contributed by atoms with Crippen LogP contribution >= 0.6 is 0 Å². The number of dihydropyridines is 1. The molecule has 0 amide bonds. The predicted octanol–water partition coefficient (Wildman–Crippen LogP) is 6.18. The number of benzene rings is 1. The molecule has 3 atom stereocenters.